The van der Waals surface area contributed by atoms with Gasteiger partial charge in [0.05, 0.1) is 0 Å². The molecule has 1 aromatic heterocycles. The quantitative estimate of drug-likeness (QED) is 0.248. The number of rotatable bonds is 4. The summed E-state index contributed by atoms with van der Waals surface area (Å²) in [5, 5.41) is 2.30. The fourth-order valence-corrected chi connectivity index (χ4v) is 5.49. The van der Waals surface area contributed by atoms with E-state index in [4.69, 9.17) is 4.42 Å². The van der Waals surface area contributed by atoms with Gasteiger partial charge >= 0.3 is 0 Å². The Kier molecular flexibility index (Phi) is 5.19. The summed E-state index contributed by atoms with van der Waals surface area (Å²) in [7, 11) is 0. The van der Waals surface area contributed by atoms with Crippen LogP contribution in [0, 0.1) is 0 Å². The molecule has 0 atom stereocenters. The van der Waals surface area contributed by atoms with Crippen LogP contribution in [0.15, 0.2) is 150 Å². The van der Waals surface area contributed by atoms with Crippen molar-refractivity contribution >= 4 is 21.9 Å². The lowest BCUT2D eigenvalue weighted by atomic mass is 9.84. The Morgan fingerprint density at radius 2 is 0.811 bits per heavy atom. The minimum absolute atomic E-state index is 0.910. The highest BCUT2D eigenvalue weighted by Gasteiger charge is 2.19. The van der Waals surface area contributed by atoms with Crippen molar-refractivity contribution in [1.29, 1.82) is 0 Å². The first kappa shape index (κ1) is 21.4. The lowest BCUT2D eigenvalue weighted by Gasteiger charge is -2.19. The first-order chi connectivity index (χ1) is 18.4. The van der Waals surface area contributed by atoms with E-state index in [0.29, 0.717) is 0 Å². The van der Waals surface area contributed by atoms with Gasteiger partial charge in [-0.1, -0.05) is 133 Å². The highest BCUT2D eigenvalue weighted by Crippen LogP contribution is 2.46. The number of benzene rings is 6. The van der Waals surface area contributed by atoms with Gasteiger partial charge in [0.15, 0.2) is 0 Å². The molecule has 0 radical (unpaired) electrons. The molecule has 7 aromatic rings. The summed E-state index contributed by atoms with van der Waals surface area (Å²) in [6.07, 6.45) is 0. The minimum Gasteiger partial charge on any atom is -0.456 e. The van der Waals surface area contributed by atoms with E-state index in [-0.39, 0.29) is 0 Å². The van der Waals surface area contributed by atoms with Crippen molar-refractivity contribution in [2.45, 2.75) is 0 Å². The van der Waals surface area contributed by atoms with Crippen molar-refractivity contribution in [3.63, 3.8) is 0 Å². The van der Waals surface area contributed by atoms with E-state index in [9.17, 15) is 0 Å². The van der Waals surface area contributed by atoms with Crippen molar-refractivity contribution in [2.24, 2.45) is 0 Å². The van der Waals surface area contributed by atoms with E-state index in [2.05, 4.69) is 133 Å². The molecule has 0 N–H and O–H groups in total. The first-order valence-corrected chi connectivity index (χ1v) is 12.6. The van der Waals surface area contributed by atoms with E-state index in [1.165, 1.54) is 44.5 Å². The minimum atomic E-state index is 0.910. The van der Waals surface area contributed by atoms with Crippen LogP contribution in [0.2, 0.25) is 0 Å². The monoisotopic (exact) mass is 472 g/mol. The van der Waals surface area contributed by atoms with E-state index in [1.54, 1.807) is 0 Å². The standard InChI is InChI=1S/C36H24O/c1-3-13-25(14-4-1)27-20-11-21-28(26-15-5-2-6-16-26)35(27)30-18-8-7-17-29(30)31-22-12-24-34-36(31)32-19-9-10-23-33(32)37-34/h1-24H. The Morgan fingerprint density at radius 3 is 1.51 bits per heavy atom. The molecule has 0 bridgehead atoms. The van der Waals surface area contributed by atoms with Crippen molar-refractivity contribution in [2.75, 3.05) is 0 Å². The summed E-state index contributed by atoms with van der Waals surface area (Å²) in [6.45, 7) is 0. The van der Waals surface area contributed by atoms with Gasteiger partial charge in [-0.15, -0.1) is 0 Å². The van der Waals surface area contributed by atoms with Crippen molar-refractivity contribution in [3.05, 3.63) is 146 Å². The highest BCUT2D eigenvalue weighted by molar-refractivity contribution is 6.14. The first-order valence-electron chi connectivity index (χ1n) is 12.6. The van der Waals surface area contributed by atoms with Gasteiger partial charge in [0.1, 0.15) is 11.2 Å². The zero-order valence-corrected chi connectivity index (χ0v) is 20.3. The zero-order chi connectivity index (χ0) is 24.6. The van der Waals surface area contributed by atoms with E-state index < -0.39 is 0 Å². The molecule has 0 amide bonds. The lowest BCUT2D eigenvalue weighted by Crippen LogP contribution is -1.93. The Labute approximate surface area is 216 Å². The van der Waals surface area contributed by atoms with Crippen LogP contribution in [0.5, 0.6) is 0 Å². The van der Waals surface area contributed by atoms with Gasteiger partial charge < -0.3 is 4.42 Å². The van der Waals surface area contributed by atoms with Gasteiger partial charge in [0.25, 0.3) is 0 Å². The molecule has 0 saturated heterocycles. The maximum Gasteiger partial charge on any atom is 0.136 e. The van der Waals surface area contributed by atoms with Gasteiger partial charge in [-0.2, -0.15) is 0 Å². The molecule has 174 valence electrons. The van der Waals surface area contributed by atoms with Crippen LogP contribution in [-0.4, -0.2) is 0 Å². The molecule has 0 spiro atoms. The van der Waals surface area contributed by atoms with E-state index in [1.807, 2.05) is 12.1 Å². The largest absolute Gasteiger partial charge is 0.456 e. The fraction of sp³-hybridized carbons (Fsp3) is 0. The molecule has 0 fully saturated rings. The van der Waals surface area contributed by atoms with Crippen LogP contribution in [0.3, 0.4) is 0 Å². The summed E-state index contributed by atoms with van der Waals surface area (Å²) in [6, 6.07) is 51.5. The average Bonchev–Trinajstić information content (AvgIpc) is 3.37. The maximum absolute atomic E-state index is 6.25. The lowest BCUT2D eigenvalue weighted by molar-refractivity contribution is 0.669. The summed E-state index contributed by atoms with van der Waals surface area (Å²) < 4.78 is 6.25. The maximum atomic E-state index is 6.25. The van der Waals surface area contributed by atoms with Gasteiger partial charge in [-0.3, -0.25) is 0 Å². The van der Waals surface area contributed by atoms with Crippen LogP contribution in [0.4, 0.5) is 0 Å². The number of fused-ring (bicyclic) bond motifs is 3. The predicted molar refractivity (Wildman–Crippen MR) is 155 cm³/mol. The molecule has 1 heterocycles. The van der Waals surface area contributed by atoms with Crippen molar-refractivity contribution in [1.82, 2.24) is 0 Å². The van der Waals surface area contributed by atoms with Crippen LogP contribution in [0.1, 0.15) is 0 Å². The topological polar surface area (TPSA) is 13.1 Å². The van der Waals surface area contributed by atoms with Crippen LogP contribution in [-0.2, 0) is 0 Å². The second-order valence-corrected chi connectivity index (χ2v) is 9.28. The Hall–Kier alpha value is -4.88. The Bertz CT molecular complexity index is 1800. The molecule has 1 nitrogen and oxygen atoms in total. The van der Waals surface area contributed by atoms with Gasteiger partial charge in [0.2, 0.25) is 0 Å². The summed E-state index contributed by atoms with van der Waals surface area (Å²) in [5.74, 6) is 0. The summed E-state index contributed by atoms with van der Waals surface area (Å²) >= 11 is 0. The fourth-order valence-electron chi connectivity index (χ4n) is 5.49. The smallest absolute Gasteiger partial charge is 0.136 e. The summed E-state index contributed by atoms with van der Waals surface area (Å²) in [4.78, 5) is 0. The second-order valence-electron chi connectivity index (χ2n) is 9.28. The van der Waals surface area contributed by atoms with E-state index in [0.717, 1.165) is 21.9 Å². The third kappa shape index (κ3) is 3.64. The van der Waals surface area contributed by atoms with Crippen LogP contribution < -0.4 is 0 Å². The molecule has 0 aliphatic rings. The second kappa shape index (κ2) is 8.96. The van der Waals surface area contributed by atoms with Gasteiger partial charge in [-0.05, 0) is 56.6 Å². The number of para-hydroxylation sites is 1. The molecular formula is C36H24O. The van der Waals surface area contributed by atoms with E-state index >= 15 is 0 Å². The molecule has 0 aliphatic carbocycles. The molecule has 6 aromatic carbocycles. The normalized spacial score (nSPS) is 11.2. The Balaban J connectivity index is 1.57. The highest BCUT2D eigenvalue weighted by atomic mass is 16.3. The van der Waals surface area contributed by atoms with Crippen LogP contribution in [0.25, 0.3) is 66.4 Å². The van der Waals surface area contributed by atoms with Gasteiger partial charge in [-0.25, -0.2) is 0 Å². The third-order valence-electron chi connectivity index (χ3n) is 7.12. The van der Waals surface area contributed by atoms with Crippen molar-refractivity contribution in [3.8, 4) is 44.5 Å². The number of hydrogen-bond acceptors (Lipinski definition) is 1. The molecule has 0 aliphatic heterocycles. The molecule has 7 rings (SSSR count). The molecular weight excluding hydrogens is 448 g/mol. The van der Waals surface area contributed by atoms with Crippen molar-refractivity contribution < 1.29 is 4.42 Å². The zero-order valence-electron chi connectivity index (χ0n) is 20.3. The molecule has 37 heavy (non-hydrogen) atoms. The Morgan fingerprint density at radius 1 is 0.324 bits per heavy atom. The number of furan rings is 1. The van der Waals surface area contributed by atoms with Gasteiger partial charge in [0, 0.05) is 10.8 Å². The molecule has 0 saturated carbocycles. The third-order valence-corrected chi connectivity index (χ3v) is 7.12. The SMILES string of the molecule is c1ccc(-c2cccc(-c3ccccc3)c2-c2ccccc2-c2cccc3oc4ccccc4c23)cc1. The average molecular weight is 473 g/mol. The molecule has 1 heteroatoms. The predicted octanol–water partition coefficient (Wildman–Crippen LogP) is 10.3. The summed E-state index contributed by atoms with van der Waals surface area (Å²) in [5.41, 5.74) is 11.5. The number of hydrogen-bond donors (Lipinski definition) is 0. The molecule has 0 unspecified atom stereocenters. The van der Waals surface area contributed by atoms with Crippen LogP contribution >= 0.6 is 0 Å².